The highest BCUT2D eigenvalue weighted by atomic mass is 35.5. The average Bonchev–Trinajstić information content (AvgIpc) is 3.39. The number of rotatable bonds is 8. The first-order valence-electron chi connectivity index (χ1n) is 11.2. The van der Waals surface area contributed by atoms with Crippen LogP contribution in [0.15, 0.2) is 47.8 Å². The topological polar surface area (TPSA) is 165 Å². The fraction of sp³-hybridized carbons (Fsp3) is 0.333. The lowest BCUT2D eigenvalue weighted by atomic mass is 9.89. The molecule has 3 aromatic rings. The molecule has 1 aliphatic rings. The molecule has 0 radical (unpaired) electrons. The third-order valence-corrected chi connectivity index (χ3v) is 7.97. The maximum absolute atomic E-state index is 13.4. The SMILES string of the molecule is Cc1cccc(C(C)(O)c2cc(C(=O)c3cncnc3N=C3C[C@H](COS(N)(=O)=O)[C@@H](O)C3)sc2Cl)c1. The molecule has 1 unspecified atom stereocenters. The maximum Gasteiger partial charge on any atom is 0.333 e. The zero-order valence-corrected chi connectivity index (χ0v) is 22.3. The van der Waals surface area contributed by atoms with E-state index < -0.39 is 33.7 Å². The molecular weight excluding hydrogens is 540 g/mol. The number of benzene rings is 1. The molecule has 1 aliphatic carbocycles. The zero-order valence-electron chi connectivity index (χ0n) is 20.0. The van der Waals surface area contributed by atoms with Crippen LogP contribution in [0.3, 0.4) is 0 Å². The van der Waals surface area contributed by atoms with Crippen molar-refractivity contribution in [3.8, 4) is 0 Å². The molecule has 0 amide bonds. The van der Waals surface area contributed by atoms with Gasteiger partial charge in [-0.15, -0.1) is 11.3 Å². The monoisotopic (exact) mass is 564 g/mol. The van der Waals surface area contributed by atoms with Gasteiger partial charge in [-0.05, 0) is 31.9 Å². The summed E-state index contributed by atoms with van der Waals surface area (Å²) in [5.74, 6) is -0.849. The summed E-state index contributed by atoms with van der Waals surface area (Å²) in [7, 11) is -4.14. The van der Waals surface area contributed by atoms with E-state index >= 15 is 0 Å². The van der Waals surface area contributed by atoms with Crippen molar-refractivity contribution in [3.63, 3.8) is 0 Å². The molecule has 196 valence electrons. The van der Waals surface area contributed by atoms with Crippen molar-refractivity contribution in [2.75, 3.05) is 6.61 Å². The molecule has 1 aromatic carbocycles. The van der Waals surface area contributed by atoms with Crippen molar-refractivity contribution >= 4 is 50.6 Å². The number of carbonyl (C=O) groups excluding carboxylic acids is 1. The highest BCUT2D eigenvalue weighted by Crippen LogP contribution is 2.40. The number of nitrogens with zero attached hydrogens (tertiary/aromatic N) is 3. The van der Waals surface area contributed by atoms with E-state index in [4.69, 9.17) is 16.7 Å². The summed E-state index contributed by atoms with van der Waals surface area (Å²) in [4.78, 5) is 26.3. The number of hydrogen-bond donors (Lipinski definition) is 3. The highest BCUT2D eigenvalue weighted by molar-refractivity contribution is 7.84. The molecule has 0 saturated heterocycles. The summed E-state index contributed by atoms with van der Waals surface area (Å²) in [6, 6.07) is 8.96. The largest absolute Gasteiger partial charge is 0.392 e. The molecule has 1 saturated carbocycles. The van der Waals surface area contributed by atoms with Gasteiger partial charge in [-0.3, -0.25) is 8.98 Å². The Morgan fingerprint density at radius 3 is 2.81 bits per heavy atom. The predicted octanol–water partition coefficient (Wildman–Crippen LogP) is 3.05. The Bertz CT molecular complexity index is 1470. The van der Waals surface area contributed by atoms with E-state index in [0.29, 0.717) is 16.8 Å². The third-order valence-electron chi connectivity index (χ3n) is 6.15. The third kappa shape index (κ3) is 6.29. The summed E-state index contributed by atoms with van der Waals surface area (Å²) in [5, 5.41) is 26.4. The van der Waals surface area contributed by atoms with Gasteiger partial charge >= 0.3 is 10.3 Å². The molecule has 0 bridgehead atoms. The average molecular weight is 565 g/mol. The number of thiophene rings is 1. The molecular formula is C24H25ClN4O6S2. The highest BCUT2D eigenvalue weighted by Gasteiger charge is 2.33. The van der Waals surface area contributed by atoms with E-state index in [0.717, 1.165) is 16.9 Å². The van der Waals surface area contributed by atoms with Gasteiger partial charge in [-0.25, -0.2) is 20.1 Å². The Labute approximate surface area is 223 Å². The second-order valence-electron chi connectivity index (χ2n) is 9.02. The lowest BCUT2D eigenvalue weighted by molar-refractivity contribution is 0.101. The van der Waals surface area contributed by atoms with Gasteiger partial charge in [0.2, 0.25) is 5.78 Å². The van der Waals surface area contributed by atoms with Crippen molar-refractivity contribution in [1.82, 2.24) is 9.97 Å². The number of halogens is 1. The minimum absolute atomic E-state index is 0.103. The first-order valence-corrected chi connectivity index (χ1v) is 13.9. The number of aliphatic hydroxyl groups excluding tert-OH is 1. The van der Waals surface area contributed by atoms with E-state index in [1.54, 1.807) is 19.1 Å². The zero-order chi connectivity index (χ0) is 27.0. The van der Waals surface area contributed by atoms with Gasteiger partial charge in [-0.2, -0.15) is 8.42 Å². The Morgan fingerprint density at radius 2 is 2.11 bits per heavy atom. The van der Waals surface area contributed by atoms with Crippen LogP contribution in [0.4, 0.5) is 5.82 Å². The number of aryl methyl sites for hydroxylation is 1. The molecule has 2 aromatic heterocycles. The maximum atomic E-state index is 13.4. The number of aliphatic imine (C=N–C) groups is 1. The normalized spacial score (nSPS) is 20.8. The first kappa shape index (κ1) is 27.5. The fourth-order valence-corrected chi connectivity index (χ4v) is 5.94. The van der Waals surface area contributed by atoms with Gasteiger partial charge in [0.1, 0.15) is 11.9 Å². The number of hydrogen-bond acceptors (Lipinski definition) is 10. The Hall–Kier alpha value is -2.58. The molecule has 1 fully saturated rings. The number of nitrogens with two attached hydrogens (primary N) is 1. The van der Waals surface area contributed by atoms with Gasteiger partial charge in [0.25, 0.3) is 0 Å². The molecule has 4 rings (SSSR count). The molecule has 3 atom stereocenters. The molecule has 0 aliphatic heterocycles. The van der Waals surface area contributed by atoms with Crippen LogP contribution >= 0.6 is 22.9 Å². The summed E-state index contributed by atoms with van der Waals surface area (Å²) >= 11 is 7.51. The molecule has 0 spiro atoms. The predicted molar refractivity (Wildman–Crippen MR) is 140 cm³/mol. The second-order valence-corrected chi connectivity index (χ2v) is 11.9. The van der Waals surface area contributed by atoms with Gasteiger partial charge in [0.15, 0.2) is 5.82 Å². The van der Waals surface area contributed by atoms with Gasteiger partial charge in [-0.1, -0.05) is 41.4 Å². The first-order chi connectivity index (χ1) is 17.3. The molecule has 2 heterocycles. The van der Waals surface area contributed by atoms with Crippen molar-refractivity contribution in [3.05, 3.63) is 74.3 Å². The van der Waals surface area contributed by atoms with Crippen LogP contribution in [-0.4, -0.2) is 52.8 Å². The van der Waals surface area contributed by atoms with Crippen LogP contribution in [0.25, 0.3) is 0 Å². The minimum atomic E-state index is -4.14. The van der Waals surface area contributed by atoms with Crippen LogP contribution in [-0.2, 0) is 20.1 Å². The quantitative estimate of drug-likeness (QED) is 0.351. The Balaban J connectivity index is 1.60. The van der Waals surface area contributed by atoms with Crippen LogP contribution < -0.4 is 5.14 Å². The summed E-state index contributed by atoms with van der Waals surface area (Å²) in [5.41, 5.74) is 1.23. The van der Waals surface area contributed by atoms with E-state index in [1.807, 2.05) is 25.1 Å². The number of aromatic nitrogens is 2. The van der Waals surface area contributed by atoms with Gasteiger partial charge in [0, 0.05) is 29.8 Å². The molecule has 10 nitrogen and oxygen atoms in total. The fourth-order valence-electron chi connectivity index (χ4n) is 4.14. The van der Waals surface area contributed by atoms with Crippen molar-refractivity contribution < 1.29 is 27.6 Å². The van der Waals surface area contributed by atoms with Crippen LogP contribution in [0.2, 0.25) is 4.34 Å². The van der Waals surface area contributed by atoms with E-state index in [2.05, 4.69) is 19.1 Å². The number of aliphatic hydroxyl groups is 2. The van der Waals surface area contributed by atoms with Crippen LogP contribution in [0.5, 0.6) is 0 Å². The summed E-state index contributed by atoms with van der Waals surface area (Å²) in [6.07, 6.45) is 2.10. The van der Waals surface area contributed by atoms with E-state index in [-0.39, 0.29) is 40.0 Å². The van der Waals surface area contributed by atoms with Crippen molar-refractivity contribution in [1.29, 1.82) is 0 Å². The van der Waals surface area contributed by atoms with Crippen LogP contribution in [0.1, 0.15) is 51.7 Å². The Kier molecular flexibility index (Phi) is 7.91. The number of carbonyl (C=O) groups is 1. The smallest absolute Gasteiger partial charge is 0.333 e. The van der Waals surface area contributed by atoms with Crippen molar-refractivity contribution in [2.24, 2.45) is 16.0 Å². The molecule has 37 heavy (non-hydrogen) atoms. The lowest BCUT2D eigenvalue weighted by Crippen LogP contribution is -2.24. The lowest BCUT2D eigenvalue weighted by Gasteiger charge is -2.24. The second kappa shape index (κ2) is 10.7. The molecule has 13 heteroatoms. The molecule has 4 N–H and O–H groups in total. The summed E-state index contributed by atoms with van der Waals surface area (Å²) in [6.45, 7) is 3.25. The van der Waals surface area contributed by atoms with E-state index in [1.165, 1.54) is 12.5 Å². The Morgan fingerprint density at radius 1 is 1.35 bits per heavy atom. The van der Waals surface area contributed by atoms with Gasteiger partial charge in [0.05, 0.1) is 27.5 Å². The minimum Gasteiger partial charge on any atom is -0.392 e. The van der Waals surface area contributed by atoms with Crippen molar-refractivity contribution in [2.45, 2.75) is 38.4 Å². The van der Waals surface area contributed by atoms with Crippen LogP contribution in [0, 0.1) is 12.8 Å². The standard InChI is InChI=1S/C24H25ClN4O6S2/c1-13-4-3-5-15(6-13)24(2,32)18-9-20(36-22(18)25)21(31)17-10-27-12-28-23(17)29-16-7-14(19(30)8-16)11-35-37(26,33)34/h3-6,9-10,12,14,19,30,32H,7-8,11H2,1-2H3,(H2,26,33,34)/t14-,19+,24?/m1/s1. The van der Waals surface area contributed by atoms with E-state index in [9.17, 15) is 23.4 Å². The van der Waals surface area contributed by atoms with Gasteiger partial charge < -0.3 is 10.2 Å². The number of ketones is 1. The summed E-state index contributed by atoms with van der Waals surface area (Å²) < 4.78 is 27.0.